The van der Waals surface area contributed by atoms with E-state index in [-0.39, 0.29) is 6.04 Å². The van der Waals surface area contributed by atoms with Gasteiger partial charge in [0.05, 0.1) is 20.1 Å². The summed E-state index contributed by atoms with van der Waals surface area (Å²) in [5.74, 6) is 0. The van der Waals surface area contributed by atoms with E-state index in [0.717, 1.165) is 28.7 Å². The van der Waals surface area contributed by atoms with E-state index in [1.807, 2.05) is 42.2 Å². The van der Waals surface area contributed by atoms with Gasteiger partial charge in [-0.25, -0.2) is 4.57 Å². The maximum absolute atomic E-state index is 12.0. The van der Waals surface area contributed by atoms with Crippen LogP contribution in [-0.4, -0.2) is 35.8 Å². The predicted molar refractivity (Wildman–Crippen MR) is 96.3 cm³/mol. The van der Waals surface area contributed by atoms with Gasteiger partial charge in [0, 0.05) is 17.7 Å². The largest absolute Gasteiger partial charge is 0.374 e. The molecule has 1 N–H and O–H groups in total. The number of pyridine rings is 1. The lowest BCUT2D eigenvalue weighted by molar-refractivity contribution is -0.942. The maximum Gasteiger partial charge on any atom is 0.168 e. The Morgan fingerprint density at radius 1 is 0.958 bits per heavy atom. The molecule has 2 aromatic rings. The van der Waals surface area contributed by atoms with Crippen LogP contribution in [0.25, 0.3) is 0 Å². The zero-order valence-electron chi connectivity index (χ0n) is 15.2. The zero-order valence-corrected chi connectivity index (χ0v) is 15.2. The third kappa shape index (κ3) is 2.99. The van der Waals surface area contributed by atoms with Crippen LogP contribution in [0, 0.1) is 0 Å². The van der Waals surface area contributed by atoms with Crippen LogP contribution in [0.1, 0.15) is 37.3 Å². The molecule has 0 aliphatic carbocycles. The van der Waals surface area contributed by atoms with Crippen molar-refractivity contribution in [2.75, 3.05) is 20.1 Å². The highest BCUT2D eigenvalue weighted by Gasteiger charge is 2.48. The summed E-state index contributed by atoms with van der Waals surface area (Å²) in [4.78, 5) is 0. The molecule has 1 aromatic heterocycles. The summed E-state index contributed by atoms with van der Waals surface area (Å²) in [7, 11) is 4.31. The molecule has 2 atom stereocenters. The lowest BCUT2D eigenvalue weighted by Gasteiger charge is -2.49. The molecule has 3 nitrogen and oxygen atoms in total. The highest BCUT2D eigenvalue weighted by Crippen LogP contribution is 2.38. The van der Waals surface area contributed by atoms with Gasteiger partial charge >= 0.3 is 0 Å². The second-order valence-corrected chi connectivity index (χ2v) is 7.55. The van der Waals surface area contributed by atoms with E-state index in [9.17, 15) is 5.11 Å². The second kappa shape index (κ2) is 6.66. The van der Waals surface area contributed by atoms with E-state index in [1.54, 1.807) is 0 Å². The van der Waals surface area contributed by atoms with Gasteiger partial charge < -0.3 is 9.59 Å². The molecular weight excluding hydrogens is 296 g/mol. The number of nitrogens with zero attached hydrogens (tertiary/aromatic N) is 2. The van der Waals surface area contributed by atoms with Crippen LogP contribution in [0.5, 0.6) is 0 Å². The molecule has 1 aliphatic rings. The van der Waals surface area contributed by atoms with Crippen molar-refractivity contribution in [2.24, 2.45) is 7.05 Å². The molecule has 0 saturated carbocycles. The Labute approximate surface area is 145 Å². The zero-order chi connectivity index (χ0) is 17.2. The molecule has 1 aliphatic heterocycles. The first-order chi connectivity index (χ1) is 11.5. The van der Waals surface area contributed by atoms with Crippen LogP contribution in [0.2, 0.25) is 0 Å². The molecule has 0 bridgehead atoms. The molecule has 3 heteroatoms. The molecule has 0 spiro atoms. The van der Waals surface area contributed by atoms with Gasteiger partial charge in [-0.2, -0.15) is 0 Å². The van der Waals surface area contributed by atoms with E-state index >= 15 is 0 Å². The minimum Gasteiger partial charge on any atom is -0.374 e. The quantitative estimate of drug-likeness (QED) is 0.678. The van der Waals surface area contributed by atoms with Crippen LogP contribution >= 0.6 is 0 Å². The number of hydrogen-bond acceptors (Lipinski definition) is 1. The fourth-order valence-electron chi connectivity index (χ4n) is 4.17. The van der Waals surface area contributed by atoms with Crippen LogP contribution in [0.15, 0.2) is 54.9 Å². The Bertz CT molecular complexity index is 662. The SMILES string of the molecule is CC(C(O)(c1ccccc1)c1cc[n+](C)cc1)[N+]1(C)CCCCC1. The van der Waals surface area contributed by atoms with Crippen molar-refractivity contribution in [3.63, 3.8) is 0 Å². The number of quaternary nitrogens is 1. The summed E-state index contributed by atoms with van der Waals surface area (Å²) in [5.41, 5.74) is 0.974. The number of piperidine rings is 1. The monoisotopic (exact) mass is 326 g/mol. The smallest absolute Gasteiger partial charge is 0.168 e. The predicted octanol–water partition coefficient (Wildman–Crippen LogP) is 2.77. The molecule has 1 aromatic carbocycles. The Morgan fingerprint density at radius 2 is 1.50 bits per heavy atom. The molecule has 2 heterocycles. The Balaban J connectivity index is 2.09. The fraction of sp³-hybridized carbons (Fsp3) is 0.476. The van der Waals surface area contributed by atoms with Gasteiger partial charge in [0.2, 0.25) is 0 Å². The van der Waals surface area contributed by atoms with Gasteiger partial charge in [0.25, 0.3) is 0 Å². The van der Waals surface area contributed by atoms with Crippen molar-refractivity contribution in [3.8, 4) is 0 Å². The number of likely N-dealkylation sites (N-methyl/N-ethyl adjacent to an activating group) is 1. The molecule has 0 radical (unpaired) electrons. The standard InChI is InChI=1S/C21H30N2O/c1-18(23(3)16-8-5-9-17-23)21(24,19-10-6-4-7-11-19)20-12-14-22(2)15-13-20/h4,6-7,10-15,18,24H,5,8-9,16-17H2,1-3H3/q+2. The summed E-state index contributed by atoms with van der Waals surface area (Å²) < 4.78 is 2.93. The number of aryl methyl sites for hydroxylation is 1. The van der Waals surface area contributed by atoms with Crippen LogP contribution in [0.3, 0.4) is 0 Å². The Kier molecular flexibility index (Phi) is 4.75. The maximum atomic E-state index is 12.0. The summed E-state index contributed by atoms with van der Waals surface area (Å²) in [6.45, 7) is 4.49. The Morgan fingerprint density at radius 3 is 2.08 bits per heavy atom. The summed E-state index contributed by atoms with van der Waals surface area (Å²) in [6, 6.07) is 14.4. The van der Waals surface area contributed by atoms with Gasteiger partial charge in [-0.1, -0.05) is 30.3 Å². The van der Waals surface area contributed by atoms with E-state index in [4.69, 9.17) is 0 Å². The minimum atomic E-state index is -0.985. The highest BCUT2D eigenvalue weighted by atomic mass is 16.3. The minimum absolute atomic E-state index is 0.0907. The summed E-state index contributed by atoms with van der Waals surface area (Å²) in [6.07, 6.45) is 7.84. The van der Waals surface area contributed by atoms with Crippen molar-refractivity contribution in [1.82, 2.24) is 0 Å². The molecule has 1 fully saturated rings. The van der Waals surface area contributed by atoms with Gasteiger partial charge in [-0.3, -0.25) is 0 Å². The third-order valence-corrected chi connectivity index (χ3v) is 6.01. The first-order valence-electron chi connectivity index (χ1n) is 9.05. The van der Waals surface area contributed by atoms with E-state index in [1.165, 1.54) is 19.3 Å². The molecule has 0 amide bonds. The van der Waals surface area contributed by atoms with Gasteiger partial charge in [-0.15, -0.1) is 0 Å². The molecule has 3 rings (SSSR count). The summed E-state index contributed by atoms with van der Waals surface area (Å²) in [5, 5.41) is 12.0. The summed E-state index contributed by atoms with van der Waals surface area (Å²) >= 11 is 0. The first-order valence-corrected chi connectivity index (χ1v) is 9.05. The number of benzene rings is 1. The highest BCUT2D eigenvalue weighted by molar-refractivity contribution is 5.36. The Hall–Kier alpha value is -1.71. The van der Waals surface area contributed by atoms with Crippen molar-refractivity contribution in [2.45, 2.75) is 37.8 Å². The number of aliphatic hydroxyl groups is 1. The topological polar surface area (TPSA) is 24.1 Å². The fourth-order valence-corrected chi connectivity index (χ4v) is 4.17. The van der Waals surface area contributed by atoms with Crippen LogP contribution < -0.4 is 4.57 Å². The van der Waals surface area contributed by atoms with E-state index < -0.39 is 5.60 Å². The van der Waals surface area contributed by atoms with Gasteiger partial charge in [0.15, 0.2) is 18.0 Å². The van der Waals surface area contributed by atoms with E-state index in [2.05, 4.69) is 38.2 Å². The lowest BCUT2D eigenvalue weighted by Crippen LogP contribution is -2.62. The average Bonchev–Trinajstić information content (AvgIpc) is 2.62. The van der Waals surface area contributed by atoms with Gasteiger partial charge in [0.1, 0.15) is 13.1 Å². The molecule has 2 unspecified atom stereocenters. The van der Waals surface area contributed by atoms with Crippen LogP contribution in [-0.2, 0) is 12.6 Å². The molecule has 128 valence electrons. The third-order valence-electron chi connectivity index (χ3n) is 6.01. The average molecular weight is 326 g/mol. The van der Waals surface area contributed by atoms with E-state index in [0.29, 0.717) is 0 Å². The second-order valence-electron chi connectivity index (χ2n) is 7.55. The number of rotatable bonds is 4. The number of likely N-dealkylation sites (tertiary alicyclic amines) is 1. The van der Waals surface area contributed by atoms with Crippen molar-refractivity contribution in [3.05, 3.63) is 66.0 Å². The lowest BCUT2D eigenvalue weighted by atomic mass is 9.79. The first kappa shape index (κ1) is 17.1. The van der Waals surface area contributed by atoms with Gasteiger partial charge in [-0.05, 0) is 31.7 Å². The number of hydrogen-bond donors (Lipinski definition) is 1. The normalized spacial score (nSPS) is 21.0. The van der Waals surface area contributed by atoms with Crippen molar-refractivity contribution in [1.29, 1.82) is 0 Å². The van der Waals surface area contributed by atoms with Crippen molar-refractivity contribution >= 4 is 0 Å². The van der Waals surface area contributed by atoms with Crippen molar-refractivity contribution < 1.29 is 14.2 Å². The molecule has 1 saturated heterocycles. The number of aromatic nitrogens is 1. The van der Waals surface area contributed by atoms with Crippen LogP contribution in [0.4, 0.5) is 0 Å². The molecular formula is C21H30N2O+2. The molecule has 24 heavy (non-hydrogen) atoms.